The van der Waals surface area contributed by atoms with Gasteiger partial charge in [-0.25, -0.2) is 0 Å². The highest BCUT2D eigenvalue weighted by Crippen LogP contribution is 2.22. The van der Waals surface area contributed by atoms with Gasteiger partial charge in [0.15, 0.2) is 6.61 Å². The third kappa shape index (κ3) is 4.91. The third-order valence-corrected chi connectivity index (χ3v) is 5.27. The van der Waals surface area contributed by atoms with E-state index in [1.807, 2.05) is 43.3 Å². The van der Waals surface area contributed by atoms with Crippen molar-refractivity contribution in [2.45, 2.75) is 45.1 Å². The summed E-state index contributed by atoms with van der Waals surface area (Å²) >= 11 is 0. The summed E-state index contributed by atoms with van der Waals surface area (Å²) in [6.45, 7) is 1.86. The van der Waals surface area contributed by atoms with Crippen LogP contribution in [-0.2, 0) is 4.79 Å². The molecule has 0 bridgehead atoms. The van der Waals surface area contributed by atoms with Gasteiger partial charge < -0.3 is 15.0 Å². The van der Waals surface area contributed by atoms with Crippen LogP contribution in [0.3, 0.4) is 0 Å². The number of likely N-dealkylation sites (N-methyl/N-ethyl adjacent to an activating group) is 1. The van der Waals surface area contributed by atoms with Crippen LogP contribution in [0.1, 0.15) is 48.0 Å². The van der Waals surface area contributed by atoms with Crippen molar-refractivity contribution < 1.29 is 14.3 Å². The summed E-state index contributed by atoms with van der Waals surface area (Å²) in [4.78, 5) is 27.0. The maximum Gasteiger partial charge on any atom is 0.264 e. The predicted octanol–water partition coefficient (Wildman–Crippen LogP) is 4.10. The molecule has 0 aliphatic heterocycles. The molecule has 2 amide bonds. The van der Waals surface area contributed by atoms with Crippen molar-refractivity contribution in [3.05, 3.63) is 59.7 Å². The number of ether oxygens (including phenoxy) is 1. The van der Waals surface area contributed by atoms with Crippen molar-refractivity contribution in [2.75, 3.05) is 18.6 Å². The van der Waals surface area contributed by atoms with Gasteiger partial charge in [-0.15, -0.1) is 0 Å². The van der Waals surface area contributed by atoms with Gasteiger partial charge in [-0.05, 0) is 43.5 Å². The van der Waals surface area contributed by atoms with Crippen LogP contribution in [0.15, 0.2) is 48.5 Å². The molecule has 28 heavy (non-hydrogen) atoms. The number of anilines is 1. The van der Waals surface area contributed by atoms with E-state index >= 15 is 0 Å². The van der Waals surface area contributed by atoms with Crippen molar-refractivity contribution in [3.63, 3.8) is 0 Å². The maximum atomic E-state index is 12.8. The second-order valence-corrected chi connectivity index (χ2v) is 7.33. The molecule has 2 aromatic rings. The molecule has 0 spiro atoms. The monoisotopic (exact) mass is 380 g/mol. The van der Waals surface area contributed by atoms with Gasteiger partial charge in [-0.2, -0.15) is 0 Å². The Balaban J connectivity index is 1.67. The molecule has 0 radical (unpaired) electrons. The zero-order chi connectivity index (χ0) is 19.9. The summed E-state index contributed by atoms with van der Waals surface area (Å²) in [5.74, 6) is 0.357. The summed E-state index contributed by atoms with van der Waals surface area (Å²) in [5, 5.41) is 3.13. The molecule has 148 valence electrons. The van der Waals surface area contributed by atoms with Crippen molar-refractivity contribution in [1.82, 2.24) is 5.32 Å². The number of amides is 2. The molecule has 5 heteroatoms. The van der Waals surface area contributed by atoms with Gasteiger partial charge in [0.25, 0.3) is 11.8 Å². The first-order chi connectivity index (χ1) is 13.6. The van der Waals surface area contributed by atoms with Crippen LogP contribution >= 0.6 is 0 Å². The number of aryl methyl sites for hydroxylation is 1. The molecule has 1 saturated carbocycles. The van der Waals surface area contributed by atoms with Crippen molar-refractivity contribution in [3.8, 4) is 5.75 Å². The van der Waals surface area contributed by atoms with Crippen LogP contribution in [0.25, 0.3) is 0 Å². The topological polar surface area (TPSA) is 58.6 Å². The molecule has 0 saturated heterocycles. The van der Waals surface area contributed by atoms with Crippen LogP contribution in [-0.4, -0.2) is 31.5 Å². The first-order valence-corrected chi connectivity index (χ1v) is 9.91. The highest BCUT2D eigenvalue weighted by Gasteiger charge is 2.22. The average Bonchev–Trinajstić information content (AvgIpc) is 2.73. The zero-order valence-corrected chi connectivity index (χ0v) is 16.6. The van der Waals surface area contributed by atoms with Gasteiger partial charge in [0.2, 0.25) is 0 Å². The zero-order valence-electron chi connectivity index (χ0n) is 16.6. The Morgan fingerprint density at radius 2 is 1.71 bits per heavy atom. The molecule has 2 aromatic carbocycles. The Hall–Kier alpha value is -2.82. The van der Waals surface area contributed by atoms with Crippen molar-refractivity contribution in [1.29, 1.82) is 0 Å². The minimum Gasteiger partial charge on any atom is -0.483 e. The summed E-state index contributed by atoms with van der Waals surface area (Å²) in [6.07, 6.45) is 5.59. The van der Waals surface area contributed by atoms with Crippen molar-refractivity contribution in [2.24, 2.45) is 0 Å². The largest absolute Gasteiger partial charge is 0.483 e. The highest BCUT2D eigenvalue weighted by molar-refractivity contribution is 6.05. The lowest BCUT2D eigenvalue weighted by Gasteiger charge is -2.25. The summed E-state index contributed by atoms with van der Waals surface area (Å²) in [7, 11) is 1.68. The predicted molar refractivity (Wildman–Crippen MR) is 111 cm³/mol. The lowest BCUT2D eigenvalue weighted by Crippen LogP contribution is -2.38. The Morgan fingerprint density at radius 1 is 1.04 bits per heavy atom. The van der Waals surface area contributed by atoms with E-state index in [0.717, 1.165) is 31.2 Å². The second kappa shape index (κ2) is 9.40. The fourth-order valence-electron chi connectivity index (χ4n) is 3.56. The van der Waals surface area contributed by atoms with E-state index in [1.54, 1.807) is 19.2 Å². The standard InChI is InChI=1S/C23H28N2O3/c1-17-10-6-9-15-21(17)28-16-22(26)25(2)20-14-8-7-13-19(20)23(27)24-18-11-4-3-5-12-18/h6-10,13-15,18H,3-5,11-12,16H2,1-2H3,(H,24,27). The Morgan fingerprint density at radius 3 is 2.46 bits per heavy atom. The molecular formula is C23H28N2O3. The molecule has 0 atom stereocenters. The summed E-state index contributed by atoms with van der Waals surface area (Å²) in [5.41, 5.74) is 2.08. The van der Waals surface area contributed by atoms with Crippen LogP contribution in [0, 0.1) is 6.92 Å². The number of rotatable bonds is 6. The molecule has 1 N–H and O–H groups in total. The van der Waals surface area contributed by atoms with Crippen LogP contribution < -0.4 is 15.0 Å². The number of hydrogen-bond donors (Lipinski definition) is 1. The lowest BCUT2D eigenvalue weighted by molar-refractivity contribution is -0.120. The summed E-state index contributed by atoms with van der Waals surface area (Å²) < 4.78 is 5.67. The first-order valence-electron chi connectivity index (χ1n) is 9.91. The van der Waals surface area contributed by atoms with Gasteiger partial charge in [-0.3, -0.25) is 9.59 Å². The number of nitrogens with one attached hydrogen (secondary N) is 1. The molecule has 3 rings (SSSR count). The Labute approximate surface area is 166 Å². The summed E-state index contributed by atoms with van der Waals surface area (Å²) in [6, 6.07) is 15.0. The minimum absolute atomic E-state index is 0.0834. The van der Waals surface area contributed by atoms with E-state index in [1.165, 1.54) is 11.3 Å². The Bertz CT molecular complexity index is 828. The first kappa shape index (κ1) is 19.9. The van der Waals surface area contributed by atoms with Gasteiger partial charge in [0.05, 0.1) is 11.3 Å². The smallest absolute Gasteiger partial charge is 0.264 e. The average molecular weight is 380 g/mol. The van der Waals surface area contributed by atoms with Gasteiger partial charge in [0, 0.05) is 13.1 Å². The molecule has 0 heterocycles. The molecule has 5 nitrogen and oxygen atoms in total. The van der Waals surface area contributed by atoms with Crippen LogP contribution in [0.4, 0.5) is 5.69 Å². The molecular weight excluding hydrogens is 352 g/mol. The van der Waals surface area contributed by atoms with Crippen LogP contribution in [0.2, 0.25) is 0 Å². The van der Waals surface area contributed by atoms with E-state index in [-0.39, 0.29) is 24.5 Å². The fourth-order valence-corrected chi connectivity index (χ4v) is 3.56. The van der Waals surface area contributed by atoms with E-state index < -0.39 is 0 Å². The molecule has 1 fully saturated rings. The molecule has 1 aliphatic carbocycles. The number of carbonyl (C=O) groups is 2. The Kier molecular flexibility index (Phi) is 6.69. The number of nitrogens with zero attached hydrogens (tertiary/aromatic N) is 1. The number of benzene rings is 2. The normalized spacial score (nSPS) is 14.4. The highest BCUT2D eigenvalue weighted by atomic mass is 16.5. The molecule has 0 unspecified atom stereocenters. The molecule has 1 aliphatic rings. The van der Waals surface area contributed by atoms with E-state index in [4.69, 9.17) is 4.74 Å². The van der Waals surface area contributed by atoms with Crippen LogP contribution in [0.5, 0.6) is 5.75 Å². The number of carbonyl (C=O) groups excluding carboxylic acids is 2. The maximum absolute atomic E-state index is 12.8. The third-order valence-electron chi connectivity index (χ3n) is 5.27. The van der Waals surface area contributed by atoms with Gasteiger partial charge in [0.1, 0.15) is 5.75 Å². The second-order valence-electron chi connectivity index (χ2n) is 7.33. The van der Waals surface area contributed by atoms with E-state index in [0.29, 0.717) is 17.0 Å². The minimum atomic E-state index is -0.207. The molecule has 0 aromatic heterocycles. The van der Waals surface area contributed by atoms with Gasteiger partial charge in [-0.1, -0.05) is 49.6 Å². The van der Waals surface area contributed by atoms with E-state index in [9.17, 15) is 9.59 Å². The number of para-hydroxylation sites is 2. The van der Waals surface area contributed by atoms with Crippen molar-refractivity contribution >= 4 is 17.5 Å². The lowest BCUT2D eigenvalue weighted by atomic mass is 9.95. The van der Waals surface area contributed by atoms with Gasteiger partial charge >= 0.3 is 0 Å². The fraction of sp³-hybridized carbons (Fsp3) is 0.391. The quantitative estimate of drug-likeness (QED) is 0.821. The SMILES string of the molecule is Cc1ccccc1OCC(=O)N(C)c1ccccc1C(=O)NC1CCCCC1. The van der Waals surface area contributed by atoms with E-state index in [2.05, 4.69) is 5.32 Å². The number of hydrogen-bond acceptors (Lipinski definition) is 3.